The lowest BCUT2D eigenvalue weighted by Crippen LogP contribution is -2.16. The number of nitro benzene ring substituents is 1. The summed E-state index contributed by atoms with van der Waals surface area (Å²) in [5.74, 6) is -0.150. The van der Waals surface area contributed by atoms with Crippen molar-refractivity contribution in [2.45, 2.75) is 37.7 Å². The second kappa shape index (κ2) is 6.72. The first-order chi connectivity index (χ1) is 9.70. The number of nitro groups is 1. The number of non-ortho nitro benzene ring substituents is 1. The number of hydrogen-bond acceptors (Lipinski definition) is 6. The minimum atomic E-state index is -4.18. The predicted octanol–water partition coefficient (Wildman–Crippen LogP) is 1.82. The van der Waals surface area contributed by atoms with Crippen molar-refractivity contribution in [3.63, 3.8) is 0 Å². The van der Waals surface area contributed by atoms with Gasteiger partial charge in [-0.1, -0.05) is 13.3 Å². The van der Waals surface area contributed by atoms with Gasteiger partial charge in [0.2, 0.25) is 10.0 Å². The SMILES string of the molecule is CCCC(C)Oc1cc([N+](=O)[O-])cc(S(N)(=O)=O)c1OC. The Morgan fingerprint density at radius 1 is 1.43 bits per heavy atom. The van der Waals surface area contributed by atoms with Gasteiger partial charge in [0, 0.05) is 6.07 Å². The first kappa shape index (κ1) is 17.2. The summed E-state index contributed by atoms with van der Waals surface area (Å²) in [6.07, 6.45) is 1.30. The lowest BCUT2D eigenvalue weighted by atomic mass is 10.2. The highest BCUT2D eigenvalue weighted by Gasteiger charge is 2.25. The third-order valence-corrected chi connectivity index (χ3v) is 3.67. The van der Waals surface area contributed by atoms with Crippen LogP contribution in [0.4, 0.5) is 5.69 Å². The van der Waals surface area contributed by atoms with Gasteiger partial charge in [0.05, 0.1) is 24.2 Å². The Labute approximate surface area is 123 Å². The molecule has 1 aromatic rings. The van der Waals surface area contributed by atoms with Crippen LogP contribution in [0.1, 0.15) is 26.7 Å². The van der Waals surface area contributed by atoms with Crippen molar-refractivity contribution in [2.24, 2.45) is 5.14 Å². The number of primary sulfonamides is 1. The van der Waals surface area contributed by atoms with Crippen LogP contribution >= 0.6 is 0 Å². The molecular formula is C12H18N2O6S. The zero-order valence-corrected chi connectivity index (χ0v) is 12.8. The molecule has 0 aromatic heterocycles. The Morgan fingerprint density at radius 2 is 2.05 bits per heavy atom. The third kappa shape index (κ3) is 4.30. The van der Waals surface area contributed by atoms with Gasteiger partial charge in [-0.15, -0.1) is 0 Å². The van der Waals surface area contributed by atoms with E-state index in [1.54, 1.807) is 6.92 Å². The quantitative estimate of drug-likeness (QED) is 0.604. The second-order valence-electron chi connectivity index (χ2n) is 4.49. The van der Waals surface area contributed by atoms with E-state index in [0.717, 1.165) is 18.6 Å². The minimum Gasteiger partial charge on any atom is -0.492 e. The summed E-state index contributed by atoms with van der Waals surface area (Å²) in [5, 5.41) is 16.0. The van der Waals surface area contributed by atoms with Crippen molar-refractivity contribution in [3.8, 4) is 11.5 Å². The van der Waals surface area contributed by atoms with Crippen molar-refractivity contribution in [3.05, 3.63) is 22.2 Å². The van der Waals surface area contributed by atoms with Crippen molar-refractivity contribution >= 4 is 15.7 Å². The van der Waals surface area contributed by atoms with Gasteiger partial charge in [0.1, 0.15) is 4.90 Å². The fraction of sp³-hybridized carbons (Fsp3) is 0.500. The molecule has 0 aliphatic rings. The van der Waals surface area contributed by atoms with Crippen LogP contribution in [0.3, 0.4) is 0 Å². The molecule has 0 fully saturated rings. The monoisotopic (exact) mass is 318 g/mol. The zero-order valence-electron chi connectivity index (χ0n) is 12.0. The van der Waals surface area contributed by atoms with E-state index in [2.05, 4.69) is 0 Å². The molecule has 0 saturated heterocycles. The van der Waals surface area contributed by atoms with E-state index in [1.807, 2.05) is 6.92 Å². The summed E-state index contributed by atoms with van der Waals surface area (Å²) in [7, 11) is -2.94. The number of methoxy groups -OCH3 is 1. The number of benzene rings is 1. The van der Waals surface area contributed by atoms with Crippen LogP contribution in [0.2, 0.25) is 0 Å². The van der Waals surface area contributed by atoms with Gasteiger partial charge < -0.3 is 9.47 Å². The predicted molar refractivity (Wildman–Crippen MR) is 76.0 cm³/mol. The van der Waals surface area contributed by atoms with Crippen LogP contribution in [-0.2, 0) is 10.0 Å². The Bertz CT molecular complexity index is 629. The molecule has 0 spiro atoms. The lowest BCUT2D eigenvalue weighted by Gasteiger charge is -2.17. The molecule has 0 radical (unpaired) electrons. The molecule has 9 heteroatoms. The summed E-state index contributed by atoms with van der Waals surface area (Å²) < 4.78 is 33.7. The molecule has 0 saturated carbocycles. The third-order valence-electron chi connectivity index (χ3n) is 2.75. The molecular weight excluding hydrogens is 300 g/mol. The maximum absolute atomic E-state index is 11.6. The molecule has 1 rings (SSSR count). The van der Waals surface area contributed by atoms with E-state index >= 15 is 0 Å². The van der Waals surface area contributed by atoms with Gasteiger partial charge >= 0.3 is 0 Å². The fourth-order valence-corrected chi connectivity index (χ4v) is 2.58. The average Bonchev–Trinajstić information content (AvgIpc) is 2.36. The summed E-state index contributed by atoms with van der Waals surface area (Å²) in [6.45, 7) is 3.73. The van der Waals surface area contributed by atoms with Gasteiger partial charge in [0.15, 0.2) is 11.5 Å². The van der Waals surface area contributed by atoms with Crippen LogP contribution in [-0.4, -0.2) is 26.6 Å². The molecule has 21 heavy (non-hydrogen) atoms. The first-order valence-corrected chi connectivity index (χ1v) is 7.81. The highest BCUT2D eigenvalue weighted by atomic mass is 32.2. The van der Waals surface area contributed by atoms with E-state index in [0.29, 0.717) is 6.42 Å². The van der Waals surface area contributed by atoms with E-state index in [-0.39, 0.29) is 17.6 Å². The number of hydrogen-bond donors (Lipinski definition) is 1. The number of nitrogens with zero attached hydrogens (tertiary/aromatic N) is 1. The van der Waals surface area contributed by atoms with Gasteiger partial charge in [-0.05, 0) is 13.3 Å². The second-order valence-corrected chi connectivity index (χ2v) is 6.02. The molecule has 0 aliphatic heterocycles. The molecule has 2 N–H and O–H groups in total. The van der Waals surface area contributed by atoms with Crippen molar-refractivity contribution in [1.82, 2.24) is 0 Å². The topological polar surface area (TPSA) is 122 Å². The number of rotatable bonds is 7. The average molecular weight is 318 g/mol. The number of ether oxygens (including phenoxy) is 2. The molecule has 0 amide bonds. The fourth-order valence-electron chi connectivity index (χ4n) is 1.85. The normalized spacial score (nSPS) is 12.8. The van der Waals surface area contributed by atoms with Crippen LogP contribution in [0.5, 0.6) is 11.5 Å². The largest absolute Gasteiger partial charge is 0.492 e. The maximum Gasteiger partial charge on any atom is 0.274 e. The van der Waals surface area contributed by atoms with Crippen LogP contribution in [0, 0.1) is 10.1 Å². The van der Waals surface area contributed by atoms with E-state index in [4.69, 9.17) is 14.6 Å². The van der Waals surface area contributed by atoms with Crippen LogP contribution in [0.25, 0.3) is 0 Å². The van der Waals surface area contributed by atoms with Crippen molar-refractivity contribution in [1.29, 1.82) is 0 Å². The minimum absolute atomic E-state index is 0.0170. The van der Waals surface area contributed by atoms with Crippen molar-refractivity contribution in [2.75, 3.05) is 7.11 Å². The Kier molecular flexibility index (Phi) is 5.50. The highest BCUT2D eigenvalue weighted by molar-refractivity contribution is 7.89. The van der Waals surface area contributed by atoms with Gasteiger partial charge in [0.25, 0.3) is 5.69 Å². The molecule has 1 unspecified atom stereocenters. The zero-order chi connectivity index (χ0) is 16.2. The molecule has 0 aliphatic carbocycles. The Hall–Kier alpha value is -1.87. The van der Waals surface area contributed by atoms with E-state index in [1.165, 1.54) is 7.11 Å². The molecule has 0 bridgehead atoms. The number of nitrogens with two attached hydrogens (primary N) is 1. The standard InChI is InChI=1S/C12H18N2O6S/c1-4-5-8(2)20-10-6-9(14(15)16)7-11(12(10)19-3)21(13,17)18/h6-8H,4-5H2,1-3H3,(H2,13,17,18). The van der Waals surface area contributed by atoms with Gasteiger partial charge in [-0.3, -0.25) is 10.1 Å². The summed E-state index contributed by atoms with van der Waals surface area (Å²) in [6, 6.07) is 1.98. The van der Waals surface area contributed by atoms with Crippen LogP contribution < -0.4 is 14.6 Å². The summed E-state index contributed by atoms with van der Waals surface area (Å²) in [4.78, 5) is 9.73. The Morgan fingerprint density at radius 3 is 2.48 bits per heavy atom. The highest BCUT2D eigenvalue weighted by Crippen LogP contribution is 2.38. The number of sulfonamides is 1. The molecule has 1 atom stereocenters. The molecule has 0 heterocycles. The van der Waals surface area contributed by atoms with Gasteiger partial charge in [-0.25, -0.2) is 13.6 Å². The van der Waals surface area contributed by atoms with Crippen molar-refractivity contribution < 1.29 is 22.8 Å². The molecule has 118 valence electrons. The van der Waals surface area contributed by atoms with Gasteiger partial charge in [-0.2, -0.15) is 0 Å². The van der Waals surface area contributed by atoms with Crippen LogP contribution in [0.15, 0.2) is 17.0 Å². The summed E-state index contributed by atoms with van der Waals surface area (Å²) >= 11 is 0. The Balaban J connectivity index is 3.46. The molecule has 8 nitrogen and oxygen atoms in total. The molecule has 1 aromatic carbocycles. The lowest BCUT2D eigenvalue weighted by molar-refractivity contribution is -0.385. The van der Waals surface area contributed by atoms with E-state index < -0.39 is 25.5 Å². The van der Waals surface area contributed by atoms with E-state index in [9.17, 15) is 18.5 Å². The smallest absolute Gasteiger partial charge is 0.274 e. The first-order valence-electron chi connectivity index (χ1n) is 6.26. The summed E-state index contributed by atoms with van der Waals surface area (Å²) in [5.41, 5.74) is -0.432. The maximum atomic E-state index is 11.6.